The van der Waals surface area contributed by atoms with E-state index in [9.17, 15) is 0 Å². The Bertz CT molecular complexity index is 588. The highest BCUT2D eigenvalue weighted by molar-refractivity contribution is 6.28. The summed E-state index contributed by atoms with van der Waals surface area (Å²) in [7, 11) is 0. The lowest BCUT2D eigenvalue weighted by Gasteiger charge is -2.08. The van der Waals surface area contributed by atoms with Gasteiger partial charge in [0.1, 0.15) is 0 Å². The maximum absolute atomic E-state index is 5.90. The van der Waals surface area contributed by atoms with Gasteiger partial charge in [0.25, 0.3) is 0 Å². The minimum atomic E-state index is 0.196. The number of nitrogens with one attached hydrogen (secondary N) is 2. The van der Waals surface area contributed by atoms with Gasteiger partial charge in [-0.25, -0.2) is 0 Å². The monoisotopic (exact) mass is 305 g/mol. The molecule has 1 heterocycles. The first-order valence-corrected chi connectivity index (χ1v) is 7.50. The lowest BCUT2D eigenvalue weighted by atomic mass is 10.1. The van der Waals surface area contributed by atoms with E-state index in [-0.39, 0.29) is 5.28 Å². The van der Waals surface area contributed by atoms with Crippen molar-refractivity contribution in [3.8, 4) is 0 Å². The molecule has 112 valence electrons. The largest absolute Gasteiger partial charge is 0.354 e. The number of aryl methyl sites for hydroxylation is 1. The van der Waals surface area contributed by atoms with E-state index in [4.69, 9.17) is 11.6 Å². The minimum Gasteiger partial charge on any atom is -0.354 e. The van der Waals surface area contributed by atoms with Gasteiger partial charge in [0.05, 0.1) is 0 Å². The van der Waals surface area contributed by atoms with Crippen LogP contribution in [0.3, 0.4) is 0 Å². The van der Waals surface area contributed by atoms with Crippen molar-refractivity contribution < 1.29 is 0 Å². The van der Waals surface area contributed by atoms with Gasteiger partial charge in [-0.3, -0.25) is 0 Å². The van der Waals surface area contributed by atoms with Crippen LogP contribution in [-0.4, -0.2) is 28.0 Å². The fourth-order valence-electron chi connectivity index (χ4n) is 1.93. The third kappa shape index (κ3) is 5.19. The standard InChI is InChI=1S/C15H20ClN5/c1-3-8-17-14-19-13(16)20-15(21-14)18-9-7-12-6-4-5-11(2)10-12/h4-6,10H,3,7-9H2,1-2H3,(H2,17,18,19,20,21). The minimum absolute atomic E-state index is 0.196. The molecule has 0 atom stereocenters. The number of halogens is 1. The quantitative estimate of drug-likeness (QED) is 0.821. The molecule has 0 spiro atoms. The molecule has 0 radical (unpaired) electrons. The molecule has 2 N–H and O–H groups in total. The van der Waals surface area contributed by atoms with E-state index in [1.807, 2.05) is 0 Å². The lowest BCUT2D eigenvalue weighted by molar-refractivity contribution is 0.925. The van der Waals surface area contributed by atoms with E-state index >= 15 is 0 Å². The Morgan fingerprint density at radius 2 is 1.76 bits per heavy atom. The smallest absolute Gasteiger partial charge is 0.228 e. The van der Waals surface area contributed by atoms with Crippen molar-refractivity contribution in [1.29, 1.82) is 0 Å². The summed E-state index contributed by atoms with van der Waals surface area (Å²) < 4.78 is 0. The molecule has 0 aliphatic carbocycles. The molecule has 21 heavy (non-hydrogen) atoms. The molecule has 0 unspecified atom stereocenters. The molecule has 0 bridgehead atoms. The average Bonchev–Trinajstić information content (AvgIpc) is 2.45. The first kappa shape index (κ1) is 15.5. The molecule has 0 saturated heterocycles. The van der Waals surface area contributed by atoms with Gasteiger partial charge in [-0.15, -0.1) is 0 Å². The summed E-state index contributed by atoms with van der Waals surface area (Å²) in [5.74, 6) is 1.01. The molecule has 0 saturated carbocycles. The van der Waals surface area contributed by atoms with Crippen LogP contribution in [0.2, 0.25) is 5.28 Å². The van der Waals surface area contributed by atoms with Crippen LogP contribution >= 0.6 is 11.6 Å². The van der Waals surface area contributed by atoms with Gasteiger partial charge in [0.15, 0.2) is 0 Å². The van der Waals surface area contributed by atoms with Crippen LogP contribution < -0.4 is 10.6 Å². The highest BCUT2D eigenvalue weighted by atomic mass is 35.5. The van der Waals surface area contributed by atoms with E-state index in [0.717, 1.165) is 25.9 Å². The second-order valence-corrected chi connectivity index (χ2v) is 5.18. The molecular formula is C15H20ClN5. The number of nitrogens with zero attached hydrogens (tertiary/aromatic N) is 3. The van der Waals surface area contributed by atoms with Crippen molar-refractivity contribution in [3.63, 3.8) is 0 Å². The summed E-state index contributed by atoms with van der Waals surface area (Å²) in [5.41, 5.74) is 2.55. The molecular weight excluding hydrogens is 286 g/mol. The molecule has 0 aliphatic heterocycles. The summed E-state index contributed by atoms with van der Waals surface area (Å²) in [5, 5.41) is 6.48. The summed E-state index contributed by atoms with van der Waals surface area (Å²) in [4.78, 5) is 12.4. The van der Waals surface area contributed by atoms with Gasteiger partial charge in [-0.2, -0.15) is 15.0 Å². The zero-order valence-corrected chi connectivity index (χ0v) is 13.1. The Hall–Kier alpha value is -1.88. The van der Waals surface area contributed by atoms with E-state index in [2.05, 4.69) is 63.7 Å². The zero-order chi connectivity index (χ0) is 15.1. The molecule has 6 heteroatoms. The summed E-state index contributed by atoms with van der Waals surface area (Å²) in [6, 6.07) is 8.45. The fraction of sp³-hybridized carbons (Fsp3) is 0.400. The van der Waals surface area contributed by atoms with Gasteiger partial charge in [-0.1, -0.05) is 36.8 Å². The van der Waals surface area contributed by atoms with Crippen LogP contribution in [0.5, 0.6) is 0 Å². The predicted octanol–water partition coefficient (Wildman–Crippen LogP) is 3.31. The van der Waals surface area contributed by atoms with Crippen molar-refractivity contribution in [2.45, 2.75) is 26.7 Å². The van der Waals surface area contributed by atoms with Crippen molar-refractivity contribution in [2.75, 3.05) is 23.7 Å². The van der Waals surface area contributed by atoms with Crippen LogP contribution in [0.4, 0.5) is 11.9 Å². The number of aromatic nitrogens is 3. The fourth-order valence-corrected chi connectivity index (χ4v) is 2.09. The zero-order valence-electron chi connectivity index (χ0n) is 12.4. The van der Waals surface area contributed by atoms with E-state index in [0.29, 0.717) is 11.9 Å². The highest BCUT2D eigenvalue weighted by Gasteiger charge is 2.04. The van der Waals surface area contributed by atoms with E-state index in [1.54, 1.807) is 0 Å². The second kappa shape index (κ2) is 7.78. The van der Waals surface area contributed by atoms with E-state index in [1.165, 1.54) is 11.1 Å². The number of rotatable bonds is 7. The maximum atomic E-state index is 5.90. The van der Waals surface area contributed by atoms with E-state index < -0.39 is 0 Å². The lowest BCUT2D eigenvalue weighted by Crippen LogP contribution is -2.11. The third-order valence-electron chi connectivity index (χ3n) is 2.92. The summed E-state index contributed by atoms with van der Waals surface area (Å²) in [6.07, 6.45) is 1.90. The first-order chi connectivity index (χ1) is 10.2. The summed E-state index contributed by atoms with van der Waals surface area (Å²) in [6.45, 7) is 5.73. The highest BCUT2D eigenvalue weighted by Crippen LogP contribution is 2.10. The van der Waals surface area contributed by atoms with Crippen molar-refractivity contribution in [1.82, 2.24) is 15.0 Å². The van der Waals surface area contributed by atoms with Crippen molar-refractivity contribution >= 4 is 23.5 Å². The number of anilines is 2. The Morgan fingerprint density at radius 3 is 2.43 bits per heavy atom. The van der Waals surface area contributed by atoms with Gasteiger partial charge >= 0.3 is 0 Å². The number of benzene rings is 1. The second-order valence-electron chi connectivity index (χ2n) is 4.84. The van der Waals surface area contributed by atoms with Gasteiger partial charge < -0.3 is 10.6 Å². The first-order valence-electron chi connectivity index (χ1n) is 7.12. The predicted molar refractivity (Wildman–Crippen MR) is 87.0 cm³/mol. The van der Waals surface area contributed by atoms with Gasteiger partial charge in [0, 0.05) is 13.1 Å². The molecule has 5 nitrogen and oxygen atoms in total. The molecule has 0 aliphatic rings. The molecule has 1 aromatic heterocycles. The van der Waals surface area contributed by atoms with Crippen LogP contribution in [0.25, 0.3) is 0 Å². The number of hydrogen-bond acceptors (Lipinski definition) is 5. The molecule has 2 aromatic rings. The SMILES string of the molecule is CCCNc1nc(Cl)nc(NCCc2cccc(C)c2)n1. The number of hydrogen-bond donors (Lipinski definition) is 2. The third-order valence-corrected chi connectivity index (χ3v) is 3.09. The molecule has 0 fully saturated rings. The topological polar surface area (TPSA) is 62.7 Å². The van der Waals surface area contributed by atoms with Crippen LogP contribution in [-0.2, 0) is 6.42 Å². The van der Waals surface area contributed by atoms with Crippen LogP contribution in [0, 0.1) is 6.92 Å². The Balaban J connectivity index is 1.91. The molecule has 0 amide bonds. The maximum Gasteiger partial charge on any atom is 0.228 e. The normalized spacial score (nSPS) is 10.4. The molecule has 1 aromatic carbocycles. The van der Waals surface area contributed by atoms with Crippen molar-refractivity contribution in [3.05, 3.63) is 40.7 Å². The molecule has 2 rings (SSSR count). The van der Waals surface area contributed by atoms with Gasteiger partial charge in [0.2, 0.25) is 17.2 Å². The average molecular weight is 306 g/mol. The summed E-state index contributed by atoms with van der Waals surface area (Å²) >= 11 is 5.90. The Kier molecular flexibility index (Phi) is 5.75. The Morgan fingerprint density at radius 1 is 1.05 bits per heavy atom. The van der Waals surface area contributed by atoms with Crippen LogP contribution in [0.15, 0.2) is 24.3 Å². The van der Waals surface area contributed by atoms with Crippen LogP contribution in [0.1, 0.15) is 24.5 Å². The van der Waals surface area contributed by atoms with Crippen molar-refractivity contribution in [2.24, 2.45) is 0 Å². The Labute approximate surface area is 130 Å². The van der Waals surface area contributed by atoms with Gasteiger partial charge in [-0.05, 0) is 36.9 Å².